The highest BCUT2D eigenvalue weighted by Crippen LogP contribution is 2.40. The van der Waals surface area contributed by atoms with E-state index in [1.165, 1.54) is 12.8 Å². The van der Waals surface area contributed by atoms with Crippen molar-refractivity contribution in [3.05, 3.63) is 18.4 Å². The van der Waals surface area contributed by atoms with Gasteiger partial charge in [0.1, 0.15) is 5.69 Å². The number of hydrogen-bond acceptors (Lipinski definition) is 5. The zero-order chi connectivity index (χ0) is 14.2. The van der Waals surface area contributed by atoms with E-state index in [9.17, 15) is 0 Å². The second-order valence-corrected chi connectivity index (χ2v) is 5.98. The minimum absolute atomic E-state index is 0.143. The van der Waals surface area contributed by atoms with E-state index >= 15 is 0 Å². The lowest BCUT2D eigenvalue weighted by Crippen LogP contribution is -2.39. The predicted octanol–water partition coefficient (Wildman–Crippen LogP) is 1.88. The average molecular weight is 275 g/mol. The van der Waals surface area contributed by atoms with Crippen LogP contribution in [0.15, 0.2) is 17.0 Å². The number of aryl methyl sites for hydroxylation is 1. The maximum Gasteiger partial charge on any atom is 0.234 e. The van der Waals surface area contributed by atoms with E-state index in [-0.39, 0.29) is 5.41 Å². The van der Waals surface area contributed by atoms with Gasteiger partial charge in [0.25, 0.3) is 0 Å². The maximum atomic E-state index is 6.03. The zero-order valence-electron chi connectivity index (χ0n) is 12.0. The van der Waals surface area contributed by atoms with E-state index in [4.69, 9.17) is 10.3 Å². The minimum atomic E-state index is -0.143. The number of imidazole rings is 1. The Hall–Kier alpha value is -1.69. The smallest absolute Gasteiger partial charge is 0.234 e. The summed E-state index contributed by atoms with van der Waals surface area (Å²) in [5.41, 5.74) is 6.74. The second-order valence-electron chi connectivity index (χ2n) is 5.98. The molecule has 108 valence electrons. The Balaban J connectivity index is 1.91. The molecule has 3 rings (SSSR count). The molecule has 1 saturated carbocycles. The molecule has 0 aromatic carbocycles. The molecule has 0 radical (unpaired) electrons. The quantitative estimate of drug-likeness (QED) is 0.924. The Kier molecular flexibility index (Phi) is 3.33. The molecular formula is C14H21N5O. The van der Waals surface area contributed by atoms with Crippen LogP contribution in [0, 0.1) is 5.92 Å². The molecule has 1 aliphatic rings. The summed E-state index contributed by atoms with van der Waals surface area (Å²) in [6.45, 7) is 2.85. The summed E-state index contributed by atoms with van der Waals surface area (Å²) in [6, 6.07) is 0. The van der Waals surface area contributed by atoms with Crippen LogP contribution < -0.4 is 5.73 Å². The number of hydrogen-bond donors (Lipinski definition) is 1. The Morgan fingerprint density at radius 2 is 2.20 bits per heavy atom. The fraction of sp³-hybridized carbons (Fsp3) is 0.643. The standard InChI is InChI=1S/C14H21N5O/c1-10-3-5-14(8-15,6-4-10)13-17-12(18-20-13)11-7-16-9-19(11)2/h7,9-10H,3-6,8,15H2,1-2H3. The molecule has 2 N–H and O–H groups in total. The largest absolute Gasteiger partial charge is 0.338 e. The molecule has 0 unspecified atom stereocenters. The first-order valence-electron chi connectivity index (χ1n) is 7.15. The van der Waals surface area contributed by atoms with E-state index in [1.807, 2.05) is 11.6 Å². The molecule has 0 bridgehead atoms. The summed E-state index contributed by atoms with van der Waals surface area (Å²) in [5, 5.41) is 4.10. The normalized spacial score (nSPS) is 26.9. The van der Waals surface area contributed by atoms with Crippen molar-refractivity contribution >= 4 is 0 Å². The topological polar surface area (TPSA) is 82.8 Å². The Labute approximate surface area is 118 Å². The van der Waals surface area contributed by atoms with Gasteiger partial charge in [-0.3, -0.25) is 0 Å². The molecule has 0 amide bonds. The molecule has 2 aromatic heterocycles. The lowest BCUT2D eigenvalue weighted by atomic mass is 9.71. The number of rotatable bonds is 3. The third-order valence-corrected chi connectivity index (χ3v) is 4.55. The van der Waals surface area contributed by atoms with Gasteiger partial charge in [0.15, 0.2) is 0 Å². The van der Waals surface area contributed by atoms with E-state index in [0.29, 0.717) is 18.3 Å². The van der Waals surface area contributed by atoms with Gasteiger partial charge in [-0.15, -0.1) is 0 Å². The van der Waals surface area contributed by atoms with Crippen LogP contribution in [0.4, 0.5) is 0 Å². The zero-order valence-corrected chi connectivity index (χ0v) is 12.0. The van der Waals surface area contributed by atoms with Crippen molar-refractivity contribution in [3.63, 3.8) is 0 Å². The summed E-state index contributed by atoms with van der Waals surface area (Å²) < 4.78 is 7.41. The summed E-state index contributed by atoms with van der Waals surface area (Å²) in [6.07, 6.45) is 7.86. The molecule has 2 heterocycles. The van der Waals surface area contributed by atoms with Gasteiger partial charge in [0.2, 0.25) is 11.7 Å². The summed E-state index contributed by atoms with van der Waals surface area (Å²) in [5.74, 6) is 2.03. The van der Waals surface area contributed by atoms with Crippen LogP contribution in [0.3, 0.4) is 0 Å². The predicted molar refractivity (Wildman–Crippen MR) is 74.9 cm³/mol. The molecule has 0 aliphatic heterocycles. The summed E-state index contributed by atoms with van der Waals surface area (Å²) in [7, 11) is 1.92. The highest BCUT2D eigenvalue weighted by molar-refractivity contribution is 5.47. The van der Waals surface area contributed by atoms with Crippen LogP contribution in [-0.2, 0) is 12.5 Å². The van der Waals surface area contributed by atoms with Gasteiger partial charge in [-0.25, -0.2) is 4.98 Å². The lowest BCUT2D eigenvalue weighted by Gasteiger charge is -2.35. The van der Waals surface area contributed by atoms with Gasteiger partial charge < -0.3 is 14.8 Å². The van der Waals surface area contributed by atoms with Gasteiger partial charge in [-0.2, -0.15) is 4.98 Å². The molecule has 0 atom stereocenters. The van der Waals surface area contributed by atoms with Gasteiger partial charge >= 0.3 is 0 Å². The van der Waals surface area contributed by atoms with E-state index in [1.54, 1.807) is 12.5 Å². The molecule has 6 heteroatoms. The third kappa shape index (κ3) is 2.14. The van der Waals surface area contributed by atoms with Crippen LogP contribution in [0.5, 0.6) is 0 Å². The van der Waals surface area contributed by atoms with Crippen molar-refractivity contribution in [1.82, 2.24) is 19.7 Å². The van der Waals surface area contributed by atoms with E-state index in [0.717, 1.165) is 24.5 Å². The monoisotopic (exact) mass is 275 g/mol. The Bertz CT molecular complexity index is 580. The van der Waals surface area contributed by atoms with Crippen LogP contribution in [0.1, 0.15) is 38.5 Å². The molecule has 0 saturated heterocycles. The SMILES string of the molecule is CC1CCC(CN)(c2nc(-c3cncn3C)no2)CC1. The third-order valence-electron chi connectivity index (χ3n) is 4.55. The highest BCUT2D eigenvalue weighted by atomic mass is 16.5. The molecule has 0 spiro atoms. The molecule has 1 aliphatic carbocycles. The first kappa shape index (κ1) is 13.3. The van der Waals surface area contributed by atoms with Gasteiger partial charge in [-0.1, -0.05) is 12.1 Å². The Morgan fingerprint density at radius 3 is 2.80 bits per heavy atom. The highest BCUT2D eigenvalue weighted by Gasteiger charge is 2.39. The van der Waals surface area contributed by atoms with Crippen molar-refractivity contribution in [2.24, 2.45) is 18.7 Å². The van der Waals surface area contributed by atoms with E-state index in [2.05, 4.69) is 22.0 Å². The lowest BCUT2D eigenvalue weighted by molar-refractivity contribution is 0.191. The average Bonchev–Trinajstić information content (AvgIpc) is 3.09. The molecular weight excluding hydrogens is 254 g/mol. The fourth-order valence-corrected chi connectivity index (χ4v) is 2.94. The Morgan fingerprint density at radius 1 is 1.45 bits per heavy atom. The van der Waals surface area contributed by atoms with Crippen LogP contribution in [0.25, 0.3) is 11.5 Å². The second kappa shape index (κ2) is 5.01. The molecule has 1 fully saturated rings. The van der Waals surface area contributed by atoms with Gasteiger partial charge in [-0.05, 0) is 31.6 Å². The fourth-order valence-electron chi connectivity index (χ4n) is 2.94. The number of aromatic nitrogens is 4. The first-order valence-corrected chi connectivity index (χ1v) is 7.15. The van der Waals surface area contributed by atoms with Crippen molar-refractivity contribution in [3.8, 4) is 11.5 Å². The summed E-state index contributed by atoms with van der Waals surface area (Å²) in [4.78, 5) is 8.67. The molecule has 2 aromatic rings. The van der Waals surface area contributed by atoms with Crippen molar-refractivity contribution in [2.45, 2.75) is 38.0 Å². The van der Waals surface area contributed by atoms with Gasteiger partial charge in [0.05, 0.1) is 17.9 Å². The minimum Gasteiger partial charge on any atom is -0.338 e. The number of nitrogens with zero attached hydrogens (tertiary/aromatic N) is 4. The van der Waals surface area contributed by atoms with Crippen LogP contribution in [0.2, 0.25) is 0 Å². The molecule has 20 heavy (non-hydrogen) atoms. The van der Waals surface area contributed by atoms with Crippen LogP contribution in [-0.4, -0.2) is 26.2 Å². The van der Waals surface area contributed by atoms with Gasteiger partial charge in [0, 0.05) is 13.6 Å². The van der Waals surface area contributed by atoms with E-state index < -0.39 is 0 Å². The van der Waals surface area contributed by atoms with Crippen LogP contribution >= 0.6 is 0 Å². The van der Waals surface area contributed by atoms with Crippen molar-refractivity contribution < 1.29 is 4.52 Å². The number of nitrogens with two attached hydrogens (primary N) is 1. The maximum absolute atomic E-state index is 6.03. The van der Waals surface area contributed by atoms with Crippen molar-refractivity contribution in [1.29, 1.82) is 0 Å². The van der Waals surface area contributed by atoms with Crippen molar-refractivity contribution in [2.75, 3.05) is 6.54 Å². The molecule has 6 nitrogen and oxygen atoms in total. The summed E-state index contributed by atoms with van der Waals surface area (Å²) >= 11 is 0. The first-order chi connectivity index (χ1) is 9.64.